The number of hydrogen-bond acceptors (Lipinski definition) is 2. The minimum Gasteiger partial charge on any atom is -0.314 e. The van der Waals surface area contributed by atoms with E-state index in [-0.39, 0.29) is 0 Å². The molecule has 0 spiro atoms. The van der Waals surface area contributed by atoms with Gasteiger partial charge < -0.3 is 9.80 Å². The van der Waals surface area contributed by atoms with Crippen LogP contribution in [-0.2, 0) is 0 Å². The molecule has 210 valence electrons. The van der Waals surface area contributed by atoms with E-state index in [4.69, 9.17) is 0 Å². The molecule has 0 fully saturated rings. The summed E-state index contributed by atoms with van der Waals surface area (Å²) in [7, 11) is 0. The standard InChI is InChI=1S/C41H36N2/c1-4-32-16-23-38(24-17-32)42(36-12-8-6-9-13-36)39-27-20-34(21-28-39)35-22-29-41(31(3)30-35)43(37-14-10-7-11-15-37)40-25-18-33(5-2)19-26-40/h4-29,31H,1-2,30H2,3H3. The molecule has 6 rings (SSSR count). The van der Waals surface area contributed by atoms with E-state index in [1.165, 1.54) is 16.8 Å². The summed E-state index contributed by atoms with van der Waals surface area (Å²) >= 11 is 0. The largest absolute Gasteiger partial charge is 0.314 e. The molecule has 0 radical (unpaired) electrons. The van der Waals surface area contributed by atoms with E-state index in [2.05, 4.69) is 175 Å². The van der Waals surface area contributed by atoms with Gasteiger partial charge in [0.25, 0.3) is 0 Å². The van der Waals surface area contributed by atoms with Crippen LogP contribution in [0.5, 0.6) is 0 Å². The molecule has 2 heteroatoms. The zero-order valence-corrected chi connectivity index (χ0v) is 24.6. The zero-order chi connectivity index (χ0) is 29.6. The van der Waals surface area contributed by atoms with E-state index >= 15 is 0 Å². The van der Waals surface area contributed by atoms with Gasteiger partial charge in [0.05, 0.1) is 0 Å². The summed E-state index contributed by atoms with van der Waals surface area (Å²) in [5.41, 5.74) is 11.8. The van der Waals surface area contributed by atoms with Gasteiger partial charge in [-0.3, -0.25) is 0 Å². The van der Waals surface area contributed by atoms with E-state index in [1.807, 2.05) is 12.2 Å². The van der Waals surface area contributed by atoms with Crippen LogP contribution in [0, 0.1) is 5.92 Å². The smallest absolute Gasteiger partial charge is 0.0462 e. The summed E-state index contributed by atoms with van der Waals surface area (Å²) in [6, 6.07) is 47.2. The maximum Gasteiger partial charge on any atom is 0.0462 e. The maximum atomic E-state index is 3.92. The average molecular weight is 557 g/mol. The third-order valence-corrected chi connectivity index (χ3v) is 8.04. The van der Waals surface area contributed by atoms with Crippen LogP contribution in [0.15, 0.2) is 164 Å². The predicted octanol–water partition coefficient (Wildman–Crippen LogP) is 11.6. The first-order valence-electron chi connectivity index (χ1n) is 14.8. The highest BCUT2D eigenvalue weighted by Crippen LogP contribution is 2.40. The molecule has 0 N–H and O–H groups in total. The molecule has 0 saturated heterocycles. The first-order chi connectivity index (χ1) is 21.1. The molecule has 5 aromatic rings. The Morgan fingerprint density at radius 1 is 0.512 bits per heavy atom. The van der Waals surface area contributed by atoms with Crippen molar-refractivity contribution in [1.82, 2.24) is 0 Å². The first-order valence-corrected chi connectivity index (χ1v) is 14.8. The Balaban J connectivity index is 1.32. The first kappa shape index (κ1) is 27.8. The molecule has 0 heterocycles. The van der Waals surface area contributed by atoms with Crippen LogP contribution in [0.4, 0.5) is 28.4 Å². The van der Waals surface area contributed by atoms with Gasteiger partial charge in [-0.15, -0.1) is 0 Å². The molecule has 2 nitrogen and oxygen atoms in total. The number of benzene rings is 5. The van der Waals surface area contributed by atoms with Gasteiger partial charge in [0.15, 0.2) is 0 Å². The van der Waals surface area contributed by atoms with E-state index in [1.54, 1.807) is 0 Å². The molecule has 0 aromatic heterocycles. The third kappa shape index (κ3) is 6.00. The van der Waals surface area contributed by atoms with Crippen molar-refractivity contribution in [3.8, 4) is 0 Å². The number of nitrogens with zero attached hydrogens (tertiary/aromatic N) is 2. The zero-order valence-electron chi connectivity index (χ0n) is 24.6. The predicted molar refractivity (Wildman–Crippen MR) is 186 cm³/mol. The maximum absolute atomic E-state index is 3.92. The van der Waals surface area contributed by atoms with Crippen LogP contribution in [0.25, 0.3) is 17.7 Å². The molecule has 5 aromatic carbocycles. The Morgan fingerprint density at radius 3 is 1.40 bits per heavy atom. The van der Waals surface area contributed by atoms with Crippen molar-refractivity contribution in [2.24, 2.45) is 5.92 Å². The molecule has 0 bridgehead atoms. The van der Waals surface area contributed by atoms with Gasteiger partial charge in [-0.25, -0.2) is 0 Å². The minimum absolute atomic E-state index is 0.336. The number of hydrogen-bond donors (Lipinski definition) is 0. The lowest BCUT2D eigenvalue weighted by molar-refractivity contribution is 0.680. The normalized spacial score (nSPS) is 14.3. The summed E-state index contributed by atoms with van der Waals surface area (Å²) in [6.45, 7) is 10.1. The molecule has 0 amide bonds. The van der Waals surface area contributed by atoms with Crippen molar-refractivity contribution in [2.75, 3.05) is 9.80 Å². The van der Waals surface area contributed by atoms with Gasteiger partial charge in [0.2, 0.25) is 0 Å². The second-order valence-corrected chi connectivity index (χ2v) is 10.9. The summed E-state index contributed by atoms with van der Waals surface area (Å²) < 4.78 is 0. The summed E-state index contributed by atoms with van der Waals surface area (Å²) in [4.78, 5) is 4.67. The number of anilines is 5. The molecule has 1 unspecified atom stereocenters. The van der Waals surface area contributed by atoms with Gasteiger partial charge in [-0.1, -0.05) is 111 Å². The molecule has 1 aliphatic carbocycles. The van der Waals surface area contributed by atoms with Crippen molar-refractivity contribution in [2.45, 2.75) is 13.3 Å². The third-order valence-electron chi connectivity index (χ3n) is 8.04. The van der Waals surface area contributed by atoms with E-state index < -0.39 is 0 Å². The second-order valence-electron chi connectivity index (χ2n) is 10.9. The topological polar surface area (TPSA) is 6.48 Å². The second kappa shape index (κ2) is 12.7. The highest BCUT2D eigenvalue weighted by molar-refractivity contribution is 5.80. The van der Waals surface area contributed by atoms with E-state index in [0.717, 1.165) is 46.0 Å². The Morgan fingerprint density at radius 2 is 0.930 bits per heavy atom. The Kier molecular flexibility index (Phi) is 8.19. The molecule has 43 heavy (non-hydrogen) atoms. The van der Waals surface area contributed by atoms with Crippen LogP contribution < -0.4 is 9.80 Å². The quantitative estimate of drug-likeness (QED) is 0.178. The summed E-state index contributed by atoms with van der Waals surface area (Å²) in [5.74, 6) is 0.336. The molecule has 0 aliphatic heterocycles. The highest BCUT2D eigenvalue weighted by Gasteiger charge is 2.24. The number of para-hydroxylation sites is 2. The molecule has 1 aliphatic rings. The fourth-order valence-electron chi connectivity index (χ4n) is 5.75. The van der Waals surface area contributed by atoms with Crippen LogP contribution in [0.1, 0.15) is 30.0 Å². The van der Waals surface area contributed by atoms with Gasteiger partial charge >= 0.3 is 0 Å². The number of rotatable bonds is 9. The van der Waals surface area contributed by atoms with Gasteiger partial charge in [-0.05, 0) is 95.4 Å². The van der Waals surface area contributed by atoms with E-state index in [9.17, 15) is 0 Å². The average Bonchev–Trinajstić information content (AvgIpc) is 3.08. The Hall–Kier alpha value is -5.34. The Labute approximate surface area is 255 Å². The van der Waals surface area contributed by atoms with Crippen molar-refractivity contribution >= 4 is 46.2 Å². The lowest BCUT2D eigenvalue weighted by atomic mass is 9.87. The Bertz CT molecular complexity index is 1740. The van der Waals surface area contributed by atoms with Crippen molar-refractivity contribution in [1.29, 1.82) is 0 Å². The SMILES string of the molecule is C=Cc1ccc(N(C2=CC=C(c3ccc(N(c4ccccc4)c4ccc(C=C)cc4)cc3)CC2C)c2ccccc2)cc1. The molecule has 1 atom stereocenters. The minimum atomic E-state index is 0.336. The summed E-state index contributed by atoms with van der Waals surface area (Å²) in [5, 5.41) is 0. The van der Waals surface area contributed by atoms with Crippen molar-refractivity contribution in [3.05, 3.63) is 181 Å². The summed E-state index contributed by atoms with van der Waals surface area (Å²) in [6.07, 6.45) is 9.31. The highest BCUT2D eigenvalue weighted by atomic mass is 15.2. The molecular weight excluding hydrogens is 520 g/mol. The fraction of sp³-hybridized carbons (Fsp3) is 0.0732. The van der Waals surface area contributed by atoms with Gasteiger partial charge in [0, 0.05) is 40.1 Å². The van der Waals surface area contributed by atoms with Crippen LogP contribution in [-0.4, -0.2) is 0 Å². The van der Waals surface area contributed by atoms with Crippen LogP contribution in [0.2, 0.25) is 0 Å². The van der Waals surface area contributed by atoms with E-state index in [0.29, 0.717) is 5.92 Å². The lowest BCUT2D eigenvalue weighted by Gasteiger charge is -2.34. The molecule has 0 saturated carbocycles. The van der Waals surface area contributed by atoms with Crippen molar-refractivity contribution in [3.63, 3.8) is 0 Å². The van der Waals surface area contributed by atoms with Crippen LogP contribution >= 0.6 is 0 Å². The van der Waals surface area contributed by atoms with Crippen molar-refractivity contribution < 1.29 is 0 Å². The fourth-order valence-corrected chi connectivity index (χ4v) is 5.75. The monoisotopic (exact) mass is 556 g/mol. The van der Waals surface area contributed by atoms with Gasteiger partial charge in [-0.2, -0.15) is 0 Å². The lowest BCUT2D eigenvalue weighted by Crippen LogP contribution is -2.23. The van der Waals surface area contributed by atoms with Gasteiger partial charge in [0.1, 0.15) is 0 Å². The molecular formula is C41H36N2. The number of allylic oxidation sites excluding steroid dienone is 4. The van der Waals surface area contributed by atoms with Crippen LogP contribution in [0.3, 0.4) is 0 Å².